The molecule has 1 atom stereocenters. The van der Waals surface area contributed by atoms with Gasteiger partial charge >= 0.3 is 0 Å². The third-order valence-electron chi connectivity index (χ3n) is 5.35. The molecular formula is C19H22N4O5S. The lowest BCUT2D eigenvalue weighted by Gasteiger charge is -2.36. The Hall–Kier alpha value is -2.72. The highest BCUT2D eigenvalue weighted by atomic mass is 32.2. The third-order valence-corrected chi connectivity index (χ3v) is 7.24. The summed E-state index contributed by atoms with van der Waals surface area (Å²) in [5, 5.41) is 0. The summed E-state index contributed by atoms with van der Waals surface area (Å²) in [5.74, 6) is -0.207. The van der Waals surface area contributed by atoms with Gasteiger partial charge in [-0.25, -0.2) is 8.42 Å². The fourth-order valence-corrected chi connectivity index (χ4v) is 5.20. The van der Waals surface area contributed by atoms with Crippen molar-refractivity contribution in [2.45, 2.75) is 23.8 Å². The molecule has 2 aliphatic heterocycles. The van der Waals surface area contributed by atoms with Gasteiger partial charge in [0.15, 0.2) is 5.76 Å². The molecule has 0 spiro atoms. The summed E-state index contributed by atoms with van der Waals surface area (Å²) in [4.78, 5) is 32.9. The second kappa shape index (κ2) is 7.96. The lowest BCUT2D eigenvalue weighted by atomic mass is 10.1. The maximum Gasteiger partial charge on any atom is 0.290 e. The van der Waals surface area contributed by atoms with Crippen LogP contribution in [0.4, 0.5) is 0 Å². The SMILES string of the molecule is O=C([C@@H]1CCCN1C(=O)c1ccco1)N1CCN(S(=O)(=O)c2cccnc2)CC1. The zero-order chi connectivity index (χ0) is 20.4. The van der Waals surface area contributed by atoms with E-state index in [4.69, 9.17) is 4.42 Å². The predicted molar refractivity (Wildman–Crippen MR) is 102 cm³/mol. The first-order valence-electron chi connectivity index (χ1n) is 9.52. The van der Waals surface area contributed by atoms with Crippen molar-refractivity contribution >= 4 is 21.8 Å². The van der Waals surface area contributed by atoms with Gasteiger partial charge in [-0.3, -0.25) is 14.6 Å². The Balaban J connectivity index is 1.41. The number of pyridine rings is 1. The summed E-state index contributed by atoms with van der Waals surface area (Å²) in [6.45, 7) is 1.50. The number of hydrogen-bond donors (Lipinski definition) is 0. The van der Waals surface area contributed by atoms with Gasteiger partial charge in [-0.15, -0.1) is 0 Å². The van der Waals surface area contributed by atoms with Gasteiger partial charge < -0.3 is 14.2 Å². The summed E-state index contributed by atoms with van der Waals surface area (Å²) in [6.07, 6.45) is 5.62. The van der Waals surface area contributed by atoms with Crippen LogP contribution in [0.5, 0.6) is 0 Å². The van der Waals surface area contributed by atoms with E-state index >= 15 is 0 Å². The number of carbonyl (C=O) groups is 2. The van der Waals surface area contributed by atoms with Crippen molar-refractivity contribution in [2.75, 3.05) is 32.7 Å². The minimum Gasteiger partial charge on any atom is -0.459 e. The van der Waals surface area contributed by atoms with Crippen molar-refractivity contribution in [1.29, 1.82) is 0 Å². The first-order chi connectivity index (χ1) is 14.0. The molecule has 10 heteroatoms. The molecule has 154 valence electrons. The van der Waals surface area contributed by atoms with E-state index in [1.165, 1.54) is 29.0 Å². The molecule has 0 aliphatic carbocycles. The minimum atomic E-state index is -3.63. The number of rotatable bonds is 4. The maximum absolute atomic E-state index is 13.0. The average molecular weight is 418 g/mol. The number of amides is 2. The van der Waals surface area contributed by atoms with Gasteiger partial charge in [-0.1, -0.05) is 0 Å². The number of sulfonamides is 1. The maximum atomic E-state index is 13.0. The van der Waals surface area contributed by atoms with Crippen molar-refractivity contribution in [1.82, 2.24) is 19.1 Å². The molecule has 0 aromatic carbocycles. The minimum absolute atomic E-state index is 0.138. The summed E-state index contributed by atoms with van der Waals surface area (Å²) < 4.78 is 32.0. The van der Waals surface area contributed by atoms with Crippen molar-refractivity contribution in [2.24, 2.45) is 0 Å². The van der Waals surface area contributed by atoms with Crippen LogP contribution < -0.4 is 0 Å². The van der Waals surface area contributed by atoms with E-state index in [2.05, 4.69) is 4.98 Å². The molecule has 9 nitrogen and oxygen atoms in total. The smallest absolute Gasteiger partial charge is 0.290 e. The van der Waals surface area contributed by atoms with E-state index in [0.29, 0.717) is 13.0 Å². The molecule has 2 aromatic heterocycles. The molecule has 4 heterocycles. The summed E-state index contributed by atoms with van der Waals surface area (Å²) in [5.41, 5.74) is 0. The topological polar surface area (TPSA) is 104 Å². The molecule has 4 rings (SSSR count). The molecule has 2 fully saturated rings. The molecule has 0 radical (unpaired) electrons. The van der Waals surface area contributed by atoms with Crippen LogP contribution in [-0.2, 0) is 14.8 Å². The fraction of sp³-hybridized carbons (Fsp3) is 0.421. The van der Waals surface area contributed by atoms with Gasteiger partial charge in [0.1, 0.15) is 10.9 Å². The van der Waals surface area contributed by atoms with Crippen LogP contribution in [0.25, 0.3) is 0 Å². The highest BCUT2D eigenvalue weighted by Gasteiger charge is 2.39. The number of nitrogens with zero attached hydrogens (tertiary/aromatic N) is 4. The van der Waals surface area contributed by atoms with Gasteiger partial charge in [0.25, 0.3) is 5.91 Å². The van der Waals surface area contributed by atoms with Crippen molar-refractivity contribution in [3.63, 3.8) is 0 Å². The molecular weight excluding hydrogens is 396 g/mol. The molecule has 2 aliphatic rings. The number of carbonyl (C=O) groups excluding carboxylic acids is 2. The number of likely N-dealkylation sites (tertiary alicyclic amines) is 1. The van der Waals surface area contributed by atoms with Crippen molar-refractivity contribution < 1.29 is 22.4 Å². The highest BCUT2D eigenvalue weighted by Crippen LogP contribution is 2.24. The average Bonchev–Trinajstić information content (AvgIpc) is 3.46. The van der Waals surface area contributed by atoms with Crippen LogP contribution in [0.2, 0.25) is 0 Å². The second-order valence-electron chi connectivity index (χ2n) is 7.05. The van der Waals surface area contributed by atoms with Crippen LogP contribution in [0.3, 0.4) is 0 Å². The van der Waals surface area contributed by atoms with Crippen molar-refractivity contribution in [3.8, 4) is 0 Å². The Bertz CT molecular complexity index is 969. The van der Waals surface area contributed by atoms with Crippen LogP contribution in [0.15, 0.2) is 52.2 Å². The van der Waals surface area contributed by atoms with Gasteiger partial charge in [-0.2, -0.15) is 4.31 Å². The van der Waals surface area contributed by atoms with E-state index in [-0.39, 0.29) is 48.6 Å². The van der Waals surface area contributed by atoms with Crippen LogP contribution in [0.1, 0.15) is 23.4 Å². The molecule has 0 unspecified atom stereocenters. The quantitative estimate of drug-likeness (QED) is 0.728. The summed E-state index contributed by atoms with van der Waals surface area (Å²) in [7, 11) is -3.63. The highest BCUT2D eigenvalue weighted by molar-refractivity contribution is 7.89. The van der Waals surface area contributed by atoms with Gasteiger partial charge in [0, 0.05) is 45.1 Å². The molecule has 0 saturated carbocycles. The van der Waals surface area contributed by atoms with E-state index < -0.39 is 16.1 Å². The molecule has 2 aromatic rings. The second-order valence-corrected chi connectivity index (χ2v) is 8.99. The monoisotopic (exact) mass is 418 g/mol. The van der Waals surface area contributed by atoms with E-state index in [0.717, 1.165) is 6.42 Å². The number of hydrogen-bond acceptors (Lipinski definition) is 6. The summed E-state index contributed by atoms with van der Waals surface area (Å²) in [6, 6.07) is 5.79. The summed E-state index contributed by atoms with van der Waals surface area (Å²) >= 11 is 0. The first kappa shape index (κ1) is 19.6. The number of piperazine rings is 1. The number of furan rings is 1. The predicted octanol–water partition coefficient (Wildman–Crippen LogP) is 0.812. The van der Waals surface area contributed by atoms with E-state index in [1.54, 1.807) is 28.0 Å². The molecule has 0 bridgehead atoms. The standard InChI is InChI=1S/C19H22N4O5S/c24-18(16-5-2-8-23(16)19(25)17-6-3-13-28-17)21-9-11-22(12-10-21)29(26,27)15-4-1-7-20-14-15/h1,3-4,6-7,13-14,16H,2,5,8-12H2/t16-/m0/s1. The van der Waals surface area contributed by atoms with Gasteiger partial charge in [-0.05, 0) is 37.1 Å². The van der Waals surface area contributed by atoms with Crippen LogP contribution in [0, 0.1) is 0 Å². The van der Waals surface area contributed by atoms with Crippen LogP contribution in [-0.4, -0.2) is 78.1 Å². The van der Waals surface area contributed by atoms with Crippen LogP contribution >= 0.6 is 0 Å². The molecule has 29 heavy (non-hydrogen) atoms. The third kappa shape index (κ3) is 3.77. The lowest BCUT2D eigenvalue weighted by molar-refractivity contribution is -0.136. The Morgan fingerprint density at radius 3 is 2.52 bits per heavy atom. The normalized spacial score (nSPS) is 20.8. The van der Waals surface area contributed by atoms with Gasteiger partial charge in [0.2, 0.25) is 15.9 Å². The zero-order valence-corrected chi connectivity index (χ0v) is 16.6. The first-order valence-corrected chi connectivity index (χ1v) is 11.0. The largest absolute Gasteiger partial charge is 0.459 e. The Morgan fingerprint density at radius 1 is 1.07 bits per heavy atom. The molecule has 2 amide bonds. The Kier molecular flexibility index (Phi) is 5.37. The van der Waals surface area contributed by atoms with E-state index in [9.17, 15) is 18.0 Å². The lowest BCUT2D eigenvalue weighted by Crippen LogP contribution is -2.55. The molecule has 2 saturated heterocycles. The van der Waals surface area contributed by atoms with Crippen molar-refractivity contribution in [3.05, 3.63) is 48.7 Å². The fourth-order valence-electron chi connectivity index (χ4n) is 3.82. The number of aromatic nitrogens is 1. The van der Waals surface area contributed by atoms with Gasteiger partial charge in [0.05, 0.1) is 6.26 Å². The zero-order valence-electron chi connectivity index (χ0n) is 15.8. The molecule has 0 N–H and O–H groups in total. The Morgan fingerprint density at radius 2 is 1.86 bits per heavy atom. The Labute approximate surface area is 169 Å². The van der Waals surface area contributed by atoms with E-state index in [1.807, 2.05) is 0 Å².